The summed E-state index contributed by atoms with van der Waals surface area (Å²) in [6.45, 7) is 3.62. The molecule has 1 fully saturated rings. The van der Waals surface area contributed by atoms with Crippen LogP contribution >= 0.6 is 0 Å². The maximum atomic E-state index is 13.4. The van der Waals surface area contributed by atoms with Gasteiger partial charge in [-0.05, 0) is 25.6 Å². The number of rotatable bonds is 5. The summed E-state index contributed by atoms with van der Waals surface area (Å²) >= 11 is 0. The molecule has 0 spiro atoms. The Morgan fingerprint density at radius 3 is 2.80 bits per heavy atom. The van der Waals surface area contributed by atoms with Crippen LogP contribution in [0.5, 0.6) is 0 Å². The first-order valence-corrected chi connectivity index (χ1v) is 8.28. The van der Waals surface area contributed by atoms with Crippen molar-refractivity contribution in [2.45, 2.75) is 6.42 Å². The summed E-state index contributed by atoms with van der Waals surface area (Å²) in [5.41, 5.74) is 0.639. The van der Waals surface area contributed by atoms with Gasteiger partial charge in [0.25, 0.3) is 0 Å². The molecular formula is C19H23F2N3O. The fourth-order valence-electron chi connectivity index (χ4n) is 2.74. The van der Waals surface area contributed by atoms with Gasteiger partial charge in [0.2, 0.25) is 5.91 Å². The van der Waals surface area contributed by atoms with E-state index in [2.05, 4.69) is 5.92 Å². The Kier molecular flexibility index (Phi) is 6.96. The number of terminal acetylenes is 1. The lowest BCUT2D eigenvalue weighted by Gasteiger charge is -2.23. The van der Waals surface area contributed by atoms with Crippen LogP contribution < -0.4 is 4.90 Å². The van der Waals surface area contributed by atoms with Gasteiger partial charge in [-0.3, -0.25) is 9.69 Å². The summed E-state index contributed by atoms with van der Waals surface area (Å²) in [4.78, 5) is 18.0. The van der Waals surface area contributed by atoms with Crippen molar-refractivity contribution in [2.75, 3.05) is 51.2 Å². The maximum absolute atomic E-state index is 13.4. The van der Waals surface area contributed by atoms with Crippen LogP contribution in [0.15, 0.2) is 30.4 Å². The SMILES string of the molecule is C#CCN(C)C/C=C/C(=O)N1CCCN(c2ccc(F)c(F)c2)CC1. The van der Waals surface area contributed by atoms with Gasteiger partial charge in [0, 0.05) is 50.6 Å². The third-order valence-electron chi connectivity index (χ3n) is 4.11. The quantitative estimate of drug-likeness (QED) is 0.603. The molecule has 1 amide bonds. The van der Waals surface area contributed by atoms with Gasteiger partial charge in [-0.25, -0.2) is 8.78 Å². The number of carbonyl (C=O) groups is 1. The molecule has 1 aromatic carbocycles. The van der Waals surface area contributed by atoms with Crippen molar-refractivity contribution in [3.05, 3.63) is 42.0 Å². The number of carbonyl (C=O) groups excluding carboxylic acids is 1. The number of anilines is 1. The molecule has 6 heteroatoms. The standard InChI is InChI=1S/C19H23F2N3O/c1-3-9-22(2)10-4-6-19(25)24-12-5-11-23(13-14-24)16-7-8-17(20)18(21)15-16/h1,4,6-8,15H,5,9-14H2,2H3/b6-4+. The van der Waals surface area contributed by atoms with Gasteiger partial charge in [0.05, 0.1) is 6.54 Å². The van der Waals surface area contributed by atoms with E-state index in [1.54, 1.807) is 23.1 Å². The molecule has 0 aromatic heterocycles. The molecule has 0 atom stereocenters. The third-order valence-corrected chi connectivity index (χ3v) is 4.11. The van der Waals surface area contributed by atoms with Crippen molar-refractivity contribution in [2.24, 2.45) is 0 Å². The number of nitrogens with zero attached hydrogens (tertiary/aromatic N) is 3. The summed E-state index contributed by atoms with van der Waals surface area (Å²) in [5.74, 6) is 0.801. The Labute approximate surface area is 147 Å². The zero-order valence-electron chi connectivity index (χ0n) is 14.4. The monoisotopic (exact) mass is 347 g/mol. The molecule has 1 heterocycles. The second-order valence-corrected chi connectivity index (χ2v) is 6.07. The molecular weight excluding hydrogens is 324 g/mol. The fourth-order valence-corrected chi connectivity index (χ4v) is 2.74. The van der Waals surface area contributed by atoms with E-state index in [0.717, 1.165) is 12.5 Å². The van der Waals surface area contributed by atoms with Gasteiger partial charge >= 0.3 is 0 Å². The van der Waals surface area contributed by atoms with E-state index in [1.807, 2.05) is 16.8 Å². The molecule has 134 valence electrons. The Bertz CT molecular complexity index is 669. The highest BCUT2D eigenvalue weighted by Gasteiger charge is 2.18. The van der Waals surface area contributed by atoms with E-state index in [4.69, 9.17) is 6.42 Å². The lowest BCUT2D eigenvalue weighted by Crippen LogP contribution is -2.34. The molecule has 1 aromatic rings. The Morgan fingerprint density at radius 2 is 2.08 bits per heavy atom. The molecule has 0 unspecified atom stereocenters. The number of hydrogen-bond acceptors (Lipinski definition) is 3. The zero-order chi connectivity index (χ0) is 18.2. The van der Waals surface area contributed by atoms with Crippen LogP contribution in [-0.4, -0.2) is 62.0 Å². The first kappa shape index (κ1) is 18.9. The van der Waals surface area contributed by atoms with Crippen LogP contribution in [0.1, 0.15) is 6.42 Å². The molecule has 0 bridgehead atoms. The Hall–Kier alpha value is -2.39. The van der Waals surface area contributed by atoms with Crippen LogP contribution in [0.3, 0.4) is 0 Å². The van der Waals surface area contributed by atoms with E-state index in [-0.39, 0.29) is 5.91 Å². The Morgan fingerprint density at radius 1 is 1.28 bits per heavy atom. The number of benzene rings is 1. The smallest absolute Gasteiger partial charge is 0.246 e. The van der Waals surface area contributed by atoms with Crippen LogP contribution in [0.25, 0.3) is 0 Å². The van der Waals surface area contributed by atoms with E-state index in [1.165, 1.54) is 6.07 Å². The van der Waals surface area contributed by atoms with Crippen molar-refractivity contribution in [3.63, 3.8) is 0 Å². The minimum absolute atomic E-state index is 0.0405. The molecule has 0 radical (unpaired) electrons. The molecule has 0 saturated carbocycles. The van der Waals surface area contributed by atoms with Crippen LogP contribution in [0.4, 0.5) is 14.5 Å². The highest BCUT2D eigenvalue weighted by atomic mass is 19.2. The number of hydrogen-bond donors (Lipinski definition) is 0. The average Bonchev–Trinajstić information content (AvgIpc) is 2.83. The molecule has 2 rings (SSSR count). The van der Waals surface area contributed by atoms with Gasteiger partial charge in [0.15, 0.2) is 11.6 Å². The zero-order valence-corrected chi connectivity index (χ0v) is 14.4. The lowest BCUT2D eigenvalue weighted by molar-refractivity contribution is -0.125. The summed E-state index contributed by atoms with van der Waals surface area (Å²) in [5, 5.41) is 0. The second kappa shape index (κ2) is 9.19. The molecule has 25 heavy (non-hydrogen) atoms. The topological polar surface area (TPSA) is 26.8 Å². The van der Waals surface area contributed by atoms with Crippen LogP contribution in [-0.2, 0) is 4.79 Å². The van der Waals surface area contributed by atoms with Crippen molar-refractivity contribution in [3.8, 4) is 12.3 Å². The van der Waals surface area contributed by atoms with Gasteiger partial charge < -0.3 is 9.80 Å². The van der Waals surface area contributed by atoms with Gasteiger partial charge in [0.1, 0.15) is 0 Å². The minimum Gasteiger partial charge on any atom is -0.370 e. The number of amides is 1. The molecule has 1 saturated heterocycles. The lowest BCUT2D eigenvalue weighted by atomic mass is 10.2. The van der Waals surface area contributed by atoms with E-state index in [9.17, 15) is 13.6 Å². The minimum atomic E-state index is -0.853. The van der Waals surface area contributed by atoms with E-state index >= 15 is 0 Å². The largest absolute Gasteiger partial charge is 0.370 e. The van der Waals surface area contributed by atoms with Crippen LogP contribution in [0.2, 0.25) is 0 Å². The molecule has 1 aliphatic rings. The van der Waals surface area contributed by atoms with Crippen molar-refractivity contribution in [1.29, 1.82) is 0 Å². The molecule has 4 nitrogen and oxygen atoms in total. The predicted octanol–water partition coefficient (Wildman–Crippen LogP) is 2.12. The normalized spacial score (nSPS) is 15.5. The molecule has 0 aliphatic carbocycles. The Balaban J connectivity index is 1.90. The van der Waals surface area contributed by atoms with Gasteiger partial charge in [-0.1, -0.05) is 12.0 Å². The fraction of sp³-hybridized carbons (Fsp3) is 0.421. The maximum Gasteiger partial charge on any atom is 0.246 e. The van der Waals surface area contributed by atoms with Crippen molar-refractivity contribution in [1.82, 2.24) is 9.80 Å². The summed E-state index contributed by atoms with van der Waals surface area (Å²) in [7, 11) is 1.89. The number of halogens is 2. The van der Waals surface area contributed by atoms with Crippen molar-refractivity contribution < 1.29 is 13.6 Å². The highest BCUT2D eigenvalue weighted by molar-refractivity contribution is 5.87. The third kappa shape index (κ3) is 5.57. The summed E-state index contributed by atoms with van der Waals surface area (Å²) in [6.07, 6.45) is 9.38. The predicted molar refractivity (Wildman–Crippen MR) is 95.2 cm³/mol. The van der Waals surface area contributed by atoms with E-state index < -0.39 is 11.6 Å². The van der Waals surface area contributed by atoms with Crippen molar-refractivity contribution >= 4 is 11.6 Å². The van der Waals surface area contributed by atoms with E-state index in [0.29, 0.717) is 45.0 Å². The second-order valence-electron chi connectivity index (χ2n) is 6.07. The van der Waals surface area contributed by atoms with Gasteiger partial charge in [-0.15, -0.1) is 6.42 Å². The molecule has 1 aliphatic heterocycles. The van der Waals surface area contributed by atoms with Crippen LogP contribution in [0, 0.1) is 24.0 Å². The highest BCUT2D eigenvalue weighted by Crippen LogP contribution is 2.19. The average molecular weight is 347 g/mol. The first-order valence-electron chi connectivity index (χ1n) is 8.28. The molecule has 0 N–H and O–H groups in total. The van der Waals surface area contributed by atoms with Gasteiger partial charge in [-0.2, -0.15) is 0 Å². The first-order chi connectivity index (χ1) is 12.0. The number of likely N-dealkylation sites (N-methyl/N-ethyl adjacent to an activating group) is 1. The summed E-state index contributed by atoms with van der Waals surface area (Å²) in [6, 6.07) is 3.90. The summed E-state index contributed by atoms with van der Waals surface area (Å²) < 4.78 is 26.5.